The molecule has 1 fully saturated rings. The summed E-state index contributed by atoms with van der Waals surface area (Å²) in [5.41, 5.74) is 0. The molecule has 0 amide bonds. The van der Waals surface area contributed by atoms with E-state index in [4.69, 9.17) is 0 Å². The van der Waals surface area contributed by atoms with Crippen LogP contribution in [-0.2, 0) is 0 Å². The van der Waals surface area contributed by atoms with Crippen LogP contribution in [0.15, 0.2) is 0 Å². The van der Waals surface area contributed by atoms with Crippen molar-refractivity contribution in [1.29, 1.82) is 0 Å². The van der Waals surface area contributed by atoms with E-state index >= 15 is 0 Å². The third kappa shape index (κ3) is 2.53. The predicted molar refractivity (Wildman–Crippen MR) is 50.8 cm³/mol. The van der Waals surface area contributed by atoms with Crippen molar-refractivity contribution in [2.75, 3.05) is 0 Å². The van der Waals surface area contributed by atoms with Crippen molar-refractivity contribution in [1.82, 2.24) is 0 Å². The van der Waals surface area contributed by atoms with Crippen LogP contribution in [-0.4, -0.2) is 17.7 Å². The van der Waals surface area contributed by atoms with Crippen molar-refractivity contribution < 1.29 is 0 Å². The first-order chi connectivity index (χ1) is 5.11. The maximum absolute atomic E-state index is 2.43. The van der Waals surface area contributed by atoms with E-state index in [0.29, 0.717) is 0 Å². The number of hydrogen-bond donors (Lipinski definition) is 0. The summed E-state index contributed by atoms with van der Waals surface area (Å²) in [7, 11) is 0. The summed E-state index contributed by atoms with van der Waals surface area (Å²) >= 11 is 2.43. The SMILES string of the molecule is [Li][CH]1CC(C)CCC1C(C)C. The Morgan fingerprint density at radius 1 is 1.27 bits per heavy atom. The van der Waals surface area contributed by atoms with Crippen molar-refractivity contribution in [2.24, 2.45) is 17.8 Å². The third-order valence-corrected chi connectivity index (χ3v) is 3.35. The molecular formula is C10H19Li. The summed E-state index contributed by atoms with van der Waals surface area (Å²) in [6.45, 7) is 7.14. The zero-order valence-corrected chi connectivity index (χ0v) is 8.43. The van der Waals surface area contributed by atoms with Crippen molar-refractivity contribution >= 4 is 17.7 Å². The molecule has 1 heteroatoms. The van der Waals surface area contributed by atoms with Crippen LogP contribution >= 0.6 is 0 Å². The Bertz CT molecular complexity index is 120. The van der Waals surface area contributed by atoms with Crippen LogP contribution in [0.3, 0.4) is 0 Å². The van der Waals surface area contributed by atoms with E-state index in [0.717, 1.165) is 22.3 Å². The number of rotatable bonds is 1. The summed E-state index contributed by atoms with van der Waals surface area (Å²) < 4.78 is 0.971. The molecule has 0 aromatic rings. The van der Waals surface area contributed by atoms with E-state index in [1.165, 1.54) is 19.3 Å². The molecule has 60 valence electrons. The number of hydrogen-bond acceptors (Lipinski definition) is 0. The van der Waals surface area contributed by atoms with Gasteiger partial charge in [-0.1, -0.05) is 0 Å². The second-order valence-electron chi connectivity index (χ2n) is 4.80. The van der Waals surface area contributed by atoms with Gasteiger partial charge in [-0.15, -0.1) is 0 Å². The van der Waals surface area contributed by atoms with Crippen LogP contribution in [0, 0.1) is 17.8 Å². The molecule has 1 rings (SSSR count). The fourth-order valence-electron chi connectivity index (χ4n) is 2.68. The van der Waals surface area contributed by atoms with Crippen molar-refractivity contribution in [3.8, 4) is 0 Å². The Morgan fingerprint density at radius 3 is 2.36 bits per heavy atom. The molecule has 3 unspecified atom stereocenters. The van der Waals surface area contributed by atoms with Crippen LogP contribution in [0.2, 0.25) is 4.59 Å². The molecule has 0 heterocycles. The fraction of sp³-hybridized carbons (Fsp3) is 1.00. The molecule has 0 aliphatic heterocycles. The zero-order valence-electron chi connectivity index (χ0n) is 8.43. The Balaban J connectivity index is 2.44. The normalized spacial score (nSPS) is 39.6. The first-order valence-electron chi connectivity index (χ1n) is 5.11. The van der Waals surface area contributed by atoms with Gasteiger partial charge >= 0.3 is 80.1 Å². The molecule has 11 heavy (non-hydrogen) atoms. The van der Waals surface area contributed by atoms with Crippen LogP contribution in [0.4, 0.5) is 0 Å². The van der Waals surface area contributed by atoms with E-state index in [9.17, 15) is 0 Å². The molecule has 1 aliphatic rings. The van der Waals surface area contributed by atoms with Gasteiger partial charge < -0.3 is 0 Å². The van der Waals surface area contributed by atoms with Gasteiger partial charge in [0.25, 0.3) is 0 Å². The molecule has 0 radical (unpaired) electrons. The Hall–Kier alpha value is 0.597. The first-order valence-corrected chi connectivity index (χ1v) is 5.11. The summed E-state index contributed by atoms with van der Waals surface area (Å²) in [4.78, 5) is 0. The third-order valence-electron chi connectivity index (χ3n) is 3.35. The second kappa shape index (κ2) is 4.01. The molecule has 3 atom stereocenters. The molecule has 1 aliphatic carbocycles. The monoisotopic (exact) mass is 146 g/mol. The van der Waals surface area contributed by atoms with Gasteiger partial charge in [0, 0.05) is 0 Å². The molecule has 0 aromatic heterocycles. The van der Waals surface area contributed by atoms with Gasteiger partial charge in [-0.3, -0.25) is 0 Å². The van der Waals surface area contributed by atoms with E-state index in [1.54, 1.807) is 0 Å². The van der Waals surface area contributed by atoms with E-state index in [2.05, 4.69) is 38.5 Å². The Kier molecular flexibility index (Phi) is 3.53. The minimum absolute atomic E-state index is 0.900. The van der Waals surface area contributed by atoms with E-state index in [-0.39, 0.29) is 0 Å². The quantitative estimate of drug-likeness (QED) is 0.499. The predicted octanol–water partition coefficient (Wildman–Crippen LogP) is 3.04. The fourth-order valence-corrected chi connectivity index (χ4v) is 2.68. The topological polar surface area (TPSA) is 0 Å². The standard InChI is InChI=1S/C10H19.Li/c1-8(2)10-6-4-9(3)5-7-10;/h6,8-10H,4-5,7H2,1-3H3;. The van der Waals surface area contributed by atoms with Gasteiger partial charge in [0.05, 0.1) is 0 Å². The summed E-state index contributed by atoms with van der Waals surface area (Å²) in [5.74, 6) is 2.89. The molecule has 0 N–H and O–H groups in total. The molecule has 0 nitrogen and oxygen atoms in total. The van der Waals surface area contributed by atoms with Crippen molar-refractivity contribution in [3.63, 3.8) is 0 Å². The molecule has 0 spiro atoms. The summed E-state index contributed by atoms with van der Waals surface area (Å²) in [5, 5.41) is 0. The summed E-state index contributed by atoms with van der Waals surface area (Å²) in [6.07, 6.45) is 4.40. The molecular weight excluding hydrogens is 127 g/mol. The average molecular weight is 146 g/mol. The minimum atomic E-state index is 0.900. The van der Waals surface area contributed by atoms with Gasteiger partial charge in [0.2, 0.25) is 0 Å². The van der Waals surface area contributed by atoms with Crippen LogP contribution in [0.5, 0.6) is 0 Å². The first kappa shape index (κ1) is 9.68. The molecule has 0 saturated heterocycles. The van der Waals surface area contributed by atoms with Gasteiger partial charge in [-0.25, -0.2) is 0 Å². The second-order valence-corrected chi connectivity index (χ2v) is 4.80. The average Bonchev–Trinajstić information content (AvgIpc) is 1.85. The van der Waals surface area contributed by atoms with Crippen molar-refractivity contribution in [3.05, 3.63) is 0 Å². The van der Waals surface area contributed by atoms with Crippen LogP contribution in [0.1, 0.15) is 40.0 Å². The Morgan fingerprint density at radius 2 is 1.91 bits per heavy atom. The van der Waals surface area contributed by atoms with Gasteiger partial charge in [-0.05, 0) is 0 Å². The van der Waals surface area contributed by atoms with E-state index < -0.39 is 0 Å². The van der Waals surface area contributed by atoms with Gasteiger partial charge in [-0.2, -0.15) is 0 Å². The molecule has 0 aromatic carbocycles. The Labute approximate surface area is 80.3 Å². The van der Waals surface area contributed by atoms with Gasteiger partial charge in [0.1, 0.15) is 0 Å². The molecule has 1 saturated carbocycles. The summed E-state index contributed by atoms with van der Waals surface area (Å²) in [6, 6.07) is 0. The van der Waals surface area contributed by atoms with Crippen LogP contribution in [0.25, 0.3) is 0 Å². The molecule has 0 bridgehead atoms. The van der Waals surface area contributed by atoms with Crippen LogP contribution < -0.4 is 0 Å². The maximum atomic E-state index is 2.43. The van der Waals surface area contributed by atoms with Gasteiger partial charge in [0.15, 0.2) is 0 Å². The zero-order chi connectivity index (χ0) is 8.43. The van der Waals surface area contributed by atoms with Crippen molar-refractivity contribution in [2.45, 2.75) is 44.6 Å². The van der Waals surface area contributed by atoms with E-state index in [1.807, 2.05) is 0 Å².